The van der Waals surface area contributed by atoms with Gasteiger partial charge in [-0.2, -0.15) is 0 Å². The highest BCUT2D eigenvalue weighted by molar-refractivity contribution is 7.92. The van der Waals surface area contributed by atoms with Crippen LogP contribution in [0.3, 0.4) is 0 Å². The van der Waals surface area contributed by atoms with E-state index in [2.05, 4.69) is 20.1 Å². The Morgan fingerprint density at radius 3 is 2.81 bits per heavy atom. The summed E-state index contributed by atoms with van der Waals surface area (Å²) in [4.78, 5) is 13.8. The third-order valence-corrected chi connectivity index (χ3v) is 7.38. The summed E-state index contributed by atoms with van der Waals surface area (Å²) >= 11 is 2.70. The second-order valence-corrected chi connectivity index (χ2v) is 9.49. The van der Waals surface area contributed by atoms with E-state index < -0.39 is 10.0 Å². The highest BCUT2D eigenvalue weighted by Gasteiger charge is 2.32. The smallest absolute Gasteiger partial charge is 0.232 e. The summed E-state index contributed by atoms with van der Waals surface area (Å²) in [6.45, 7) is 0.233. The minimum atomic E-state index is -3.43. The second-order valence-electron chi connectivity index (χ2n) is 5.58. The van der Waals surface area contributed by atoms with Gasteiger partial charge < -0.3 is 5.21 Å². The molecule has 1 aliphatic rings. The summed E-state index contributed by atoms with van der Waals surface area (Å²) in [5, 5.41) is 14.4. The number of rotatable bonds is 3. The fourth-order valence-corrected chi connectivity index (χ4v) is 5.91. The maximum Gasteiger partial charge on any atom is 0.232 e. The van der Waals surface area contributed by atoms with E-state index in [-0.39, 0.29) is 6.54 Å². The number of sulfonamides is 1. The third-order valence-electron chi connectivity index (χ3n) is 3.81. The number of hydrogen-bond donors (Lipinski definition) is 1. The predicted octanol–water partition coefficient (Wildman–Crippen LogP) is 2.68. The quantitative estimate of drug-likeness (QED) is 0.528. The van der Waals surface area contributed by atoms with Crippen LogP contribution < -0.4 is 4.31 Å². The Kier molecular flexibility index (Phi) is 4.21. The van der Waals surface area contributed by atoms with Gasteiger partial charge in [0.25, 0.3) is 0 Å². The molecule has 0 bridgehead atoms. The molecule has 0 unspecified atom stereocenters. The minimum Gasteiger partial charge on any atom is -0.411 e. The first-order chi connectivity index (χ1) is 12.5. The van der Waals surface area contributed by atoms with Gasteiger partial charge in [-0.05, 0) is 12.1 Å². The van der Waals surface area contributed by atoms with Crippen molar-refractivity contribution in [3.05, 3.63) is 36.4 Å². The molecule has 0 aromatic carbocycles. The van der Waals surface area contributed by atoms with Crippen LogP contribution in [0, 0.1) is 0 Å². The molecule has 0 fully saturated rings. The molecular weight excluding hydrogens is 394 g/mol. The fraction of sp³-hybridized carbons (Fsp3) is 0.200. The zero-order valence-electron chi connectivity index (χ0n) is 13.5. The predicted molar refractivity (Wildman–Crippen MR) is 102 cm³/mol. The van der Waals surface area contributed by atoms with Crippen molar-refractivity contribution in [3.8, 4) is 20.5 Å². The van der Waals surface area contributed by atoms with Gasteiger partial charge in [0.05, 0.1) is 11.1 Å². The van der Waals surface area contributed by atoms with Crippen molar-refractivity contribution in [1.82, 2.24) is 15.0 Å². The Bertz CT molecular complexity index is 1090. The van der Waals surface area contributed by atoms with Gasteiger partial charge in [-0.1, -0.05) is 16.5 Å². The van der Waals surface area contributed by atoms with Crippen molar-refractivity contribution < 1.29 is 13.6 Å². The highest BCUT2D eigenvalue weighted by atomic mass is 32.2. The molecule has 8 nitrogen and oxygen atoms in total. The SMILES string of the molecule is CS(=O)(=O)N1CC/C(=N\O)c2nc(-c3cnc(-c4cccnc4)s3)sc21. The van der Waals surface area contributed by atoms with E-state index in [4.69, 9.17) is 0 Å². The number of thiazole rings is 2. The number of hydrogen-bond acceptors (Lipinski definition) is 9. The molecule has 11 heteroatoms. The number of aromatic nitrogens is 3. The molecule has 0 amide bonds. The molecule has 3 aromatic heterocycles. The normalized spacial score (nSPS) is 16.0. The molecule has 0 atom stereocenters. The zero-order chi connectivity index (χ0) is 18.3. The average molecular weight is 408 g/mol. The first kappa shape index (κ1) is 17.1. The van der Waals surface area contributed by atoms with Crippen molar-refractivity contribution in [2.75, 3.05) is 17.1 Å². The van der Waals surface area contributed by atoms with Gasteiger partial charge in [0, 0.05) is 37.1 Å². The van der Waals surface area contributed by atoms with E-state index in [0.29, 0.717) is 27.8 Å². The van der Waals surface area contributed by atoms with Crippen molar-refractivity contribution in [2.45, 2.75) is 6.42 Å². The first-order valence-corrected chi connectivity index (χ1v) is 11.0. The molecule has 0 aliphatic carbocycles. The van der Waals surface area contributed by atoms with Crippen molar-refractivity contribution in [1.29, 1.82) is 0 Å². The largest absolute Gasteiger partial charge is 0.411 e. The summed E-state index contributed by atoms with van der Waals surface area (Å²) in [5.41, 5.74) is 1.69. The number of fused-ring (bicyclic) bond motifs is 1. The number of nitrogens with zero attached hydrogens (tertiary/aromatic N) is 5. The summed E-state index contributed by atoms with van der Waals surface area (Å²) in [6.07, 6.45) is 6.60. The van der Waals surface area contributed by atoms with Gasteiger partial charge in [-0.25, -0.2) is 18.4 Å². The van der Waals surface area contributed by atoms with Crippen LogP contribution in [0.1, 0.15) is 12.1 Å². The standard InChI is InChI=1S/C15H13N5O3S3/c1-26(22,23)20-6-4-10(19-21)12-15(20)25-14(18-12)11-8-17-13(24-11)9-3-2-5-16-7-9/h2-3,5,7-8,21H,4,6H2,1H3/b19-10+. The van der Waals surface area contributed by atoms with Gasteiger partial charge in [0.2, 0.25) is 10.0 Å². The van der Waals surface area contributed by atoms with Crippen LogP contribution in [0.2, 0.25) is 0 Å². The van der Waals surface area contributed by atoms with Gasteiger partial charge >= 0.3 is 0 Å². The zero-order valence-corrected chi connectivity index (χ0v) is 16.0. The van der Waals surface area contributed by atoms with Crippen LogP contribution >= 0.6 is 22.7 Å². The summed E-state index contributed by atoms with van der Waals surface area (Å²) < 4.78 is 25.4. The molecule has 3 aromatic rings. The number of pyridine rings is 1. The monoisotopic (exact) mass is 407 g/mol. The van der Waals surface area contributed by atoms with E-state index >= 15 is 0 Å². The van der Waals surface area contributed by atoms with Crippen molar-refractivity contribution in [3.63, 3.8) is 0 Å². The number of oxime groups is 1. The summed E-state index contributed by atoms with van der Waals surface area (Å²) in [7, 11) is -3.43. The molecule has 26 heavy (non-hydrogen) atoms. The van der Waals surface area contributed by atoms with Crippen LogP contribution in [0.15, 0.2) is 35.9 Å². The Morgan fingerprint density at radius 2 is 2.12 bits per heavy atom. The van der Waals surface area contributed by atoms with E-state index in [9.17, 15) is 13.6 Å². The Balaban J connectivity index is 1.78. The molecule has 0 radical (unpaired) electrons. The lowest BCUT2D eigenvalue weighted by Gasteiger charge is -2.25. The molecule has 0 saturated carbocycles. The molecular formula is C15H13N5O3S3. The number of anilines is 1. The Labute approximate surface area is 157 Å². The van der Waals surface area contributed by atoms with Crippen LogP contribution in [0.5, 0.6) is 0 Å². The Hall–Kier alpha value is -2.37. The maximum absolute atomic E-state index is 12.1. The molecule has 134 valence electrons. The molecule has 1 aliphatic heterocycles. The van der Waals surface area contributed by atoms with E-state index in [1.807, 2.05) is 12.1 Å². The fourth-order valence-electron chi connectivity index (χ4n) is 2.61. The van der Waals surface area contributed by atoms with Crippen LogP contribution in [0.4, 0.5) is 5.00 Å². The van der Waals surface area contributed by atoms with Gasteiger partial charge in [0.15, 0.2) is 0 Å². The summed E-state index contributed by atoms with van der Waals surface area (Å²) in [6, 6.07) is 3.76. The van der Waals surface area contributed by atoms with Crippen molar-refractivity contribution >= 4 is 43.4 Å². The van der Waals surface area contributed by atoms with Crippen LogP contribution in [-0.4, -0.2) is 47.1 Å². The first-order valence-electron chi connectivity index (χ1n) is 7.54. The Morgan fingerprint density at radius 1 is 1.27 bits per heavy atom. The van der Waals surface area contributed by atoms with E-state index in [1.165, 1.54) is 27.0 Å². The van der Waals surface area contributed by atoms with Gasteiger partial charge in [0.1, 0.15) is 26.4 Å². The lowest BCUT2D eigenvalue weighted by Crippen LogP contribution is -2.36. The van der Waals surface area contributed by atoms with Crippen LogP contribution in [0.25, 0.3) is 20.5 Å². The topological polar surface area (TPSA) is 109 Å². The van der Waals surface area contributed by atoms with Crippen molar-refractivity contribution in [2.24, 2.45) is 5.16 Å². The van der Waals surface area contributed by atoms with Gasteiger partial charge in [-0.3, -0.25) is 9.29 Å². The molecule has 4 rings (SSSR count). The maximum atomic E-state index is 12.1. The van der Waals surface area contributed by atoms with Gasteiger partial charge in [-0.15, -0.1) is 11.3 Å². The minimum absolute atomic E-state index is 0.233. The highest BCUT2D eigenvalue weighted by Crippen LogP contribution is 2.41. The molecule has 0 spiro atoms. The molecule has 1 N–H and O–H groups in total. The lowest BCUT2D eigenvalue weighted by atomic mass is 10.1. The lowest BCUT2D eigenvalue weighted by molar-refractivity contribution is 0.317. The van der Waals surface area contributed by atoms with E-state index in [0.717, 1.165) is 21.7 Å². The summed E-state index contributed by atoms with van der Waals surface area (Å²) in [5.74, 6) is 0. The van der Waals surface area contributed by atoms with Crippen LogP contribution in [-0.2, 0) is 10.0 Å². The van der Waals surface area contributed by atoms with E-state index in [1.54, 1.807) is 18.6 Å². The molecule has 0 saturated heterocycles. The second kappa shape index (κ2) is 6.41. The average Bonchev–Trinajstić information content (AvgIpc) is 3.27. The molecule has 4 heterocycles. The third kappa shape index (κ3) is 2.97.